The lowest BCUT2D eigenvalue weighted by Crippen LogP contribution is -2.38. The third kappa shape index (κ3) is 4.68. The number of rotatable bonds is 5. The van der Waals surface area contributed by atoms with E-state index in [0.29, 0.717) is 17.5 Å². The Kier molecular flexibility index (Phi) is 6.07. The van der Waals surface area contributed by atoms with Crippen LogP contribution in [-0.2, 0) is 10.0 Å². The Morgan fingerprint density at radius 3 is 2.62 bits per heavy atom. The van der Waals surface area contributed by atoms with Gasteiger partial charge in [-0.15, -0.1) is 0 Å². The average Bonchev–Trinajstić information content (AvgIpc) is 2.62. The molecule has 0 amide bonds. The Morgan fingerprint density at radius 2 is 1.92 bits per heavy atom. The van der Waals surface area contributed by atoms with Crippen LogP contribution in [0.4, 0.5) is 5.69 Å². The van der Waals surface area contributed by atoms with Gasteiger partial charge >= 0.3 is 0 Å². The molecule has 0 unspecified atom stereocenters. The van der Waals surface area contributed by atoms with Gasteiger partial charge in [-0.3, -0.25) is 4.98 Å². The maximum absolute atomic E-state index is 12.5. The summed E-state index contributed by atoms with van der Waals surface area (Å²) in [5.41, 5.74) is 2.16. The van der Waals surface area contributed by atoms with Gasteiger partial charge in [-0.05, 0) is 56.0 Å². The predicted octanol–water partition coefficient (Wildman–Crippen LogP) is 3.89. The highest BCUT2D eigenvalue weighted by molar-refractivity contribution is 7.89. The zero-order chi connectivity index (χ0) is 18.7. The van der Waals surface area contributed by atoms with E-state index in [1.807, 2.05) is 19.2 Å². The van der Waals surface area contributed by atoms with Gasteiger partial charge in [0.05, 0.1) is 5.02 Å². The van der Waals surface area contributed by atoms with Crippen LogP contribution < -0.4 is 9.62 Å². The first kappa shape index (κ1) is 19.4. The molecule has 0 saturated carbocycles. The molecule has 8 heteroatoms. The maximum Gasteiger partial charge on any atom is 0.242 e. The Labute approximate surface area is 164 Å². The van der Waals surface area contributed by atoms with Crippen LogP contribution in [0.3, 0.4) is 0 Å². The van der Waals surface area contributed by atoms with Gasteiger partial charge < -0.3 is 4.90 Å². The number of benzene rings is 1. The number of halogens is 2. The third-order valence-corrected chi connectivity index (χ3v) is 6.74. The summed E-state index contributed by atoms with van der Waals surface area (Å²) in [5.74, 6) is 0.293. The van der Waals surface area contributed by atoms with Crippen molar-refractivity contribution in [1.82, 2.24) is 9.71 Å². The number of anilines is 1. The van der Waals surface area contributed by atoms with Crippen LogP contribution in [0.25, 0.3) is 0 Å². The molecule has 1 aliphatic rings. The largest absolute Gasteiger partial charge is 0.371 e. The number of pyridine rings is 1. The van der Waals surface area contributed by atoms with E-state index in [0.717, 1.165) is 31.6 Å². The lowest BCUT2D eigenvalue weighted by molar-refractivity contribution is 0.402. The van der Waals surface area contributed by atoms with Crippen molar-refractivity contribution in [3.8, 4) is 0 Å². The van der Waals surface area contributed by atoms with Crippen LogP contribution in [-0.4, -0.2) is 33.0 Å². The minimum Gasteiger partial charge on any atom is -0.371 e. The second-order valence-corrected chi connectivity index (χ2v) is 9.09. The van der Waals surface area contributed by atoms with Gasteiger partial charge in [0.25, 0.3) is 0 Å². The average molecular weight is 414 g/mol. The molecule has 1 aromatic carbocycles. The van der Waals surface area contributed by atoms with E-state index < -0.39 is 10.0 Å². The summed E-state index contributed by atoms with van der Waals surface area (Å²) in [7, 11) is -3.67. The lowest BCUT2D eigenvalue weighted by Gasteiger charge is -2.33. The zero-order valence-corrected chi connectivity index (χ0v) is 16.8. The van der Waals surface area contributed by atoms with Gasteiger partial charge in [0.1, 0.15) is 4.90 Å². The van der Waals surface area contributed by atoms with Crippen molar-refractivity contribution in [2.75, 3.05) is 24.5 Å². The Morgan fingerprint density at radius 1 is 1.19 bits per heavy atom. The lowest BCUT2D eigenvalue weighted by atomic mass is 9.97. The molecule has 0 aliphatic carbocycles. The van der Waals surface area contributed by atoms with Gasteiger partial charge in [0.2, 0.25) is 10.0 Å². The molecular formula is C18H21Cl2N3O2S. The Balaban J connectivity index is 1.57. The fourth-order valence-corrected chi connectivity index (χ4v) is 4.99. The van der Waals surface area contributed by atoms with E-state index in [4.69, 9.17) is 23.2 Å². The molecule has 26 heavy (non-hydrogen) atoms. The van der Waals surface area contributed by atoms with Gasteiger partial charge in [0.15, 0.2) is 0 Å². The van der Waals surface area contributed by atoms with E-state index in [-0.39, 0.29) is 9.92 Å². The second kappa shape index (κ2) is 8.13. The molecule has 2 aromatic rings. The molecule has 5 nitrogen and oxygen atoms in total. The molecule has 1 aromatic heterocycles. The summed E-state index contributed by atoms with van der Waals surface area (Å²) in [6.07, 6.45) is 3.67. The van der Waals surface area contributed by atoms with E-state index in [1.165, 1.54) is 17.8 Å². The van der Waals surface area contributed by atoms with Gasteiger partial charge in [-0.1, -0.05) is 23.2 Å². The van der Waals surface area contributed by atoms with Crippen molar-refractivity contribution in [3.63, 3.8) is 0 Å². The maximum atomic E-state index is 12.5. The number of piperidine rings is 1. The molecule has 0 atom stereocenters. The first-order valence-corrected chi connectivity index (χ1v) is 10.7. The number of nitrogens with one attached hydrogen (secondary N) is 1. The van der Waals surface area contributed by atoms with Crippen molar-refractivity contribution in [2.45, 2.75) is 24.7 Å². The predicted molar refractivity (Wildman–Crippen MR) is 106 cm³/mol. The van der Waals surface area contributed by atoms with E-state index in [9.17, 15) is 8.42 Å². The van der Waals surface area contributed by atoms with Crippen molar-refractivity contribution >= 4 is 38.9 Å². The number of nitrogens with zero attached hydrogens (tertiary/aromatic N) is 2. The number of hydrogen-bond donors (Lipinski definition) is 1. The normalized spacial score (nSPS) is 16.0. The molecule has 0 spiro atoms. The molecule has 0 bridgehead atoms. The van der Waals surface area contributed by atoms with Gasteiger partial charge in [-0.25, -0.2) is 13.1 Å². The fourth-order valence-electron chi connectivity index (χ4n) is 3.11. The molecule has 1 saturated heterocycles. The van der Waals surface area contributed by atoms with Crippen LogP contribution in [0.5, 0.6) is 0 Å². The van der Waals surface area contributed by atoms with Crippen LogP contribution in [0, 0.1) is 12.8 Å². The number of aryl methyl sites for hydroxylation is 1. The molecule has 0 radical (unpaired) electrons. The molecule has 140 valence electrons. The summed E-state index contributed by atoms with van der Waals surface area (Å²) < 4.78 is 27.7. The smallest absolute Gasteiger partial charge is 0.242 e. The zero-order valence-electron chi connectivity index (χ0n) is 14.5. The van der Waals surface area contributed by atoms with E-state index >= 15 is 0 Å². The Hall–Kier alpha value is -1.34. The minimum absolute atomic E-state index is 0.0244. The van der Waals surface area contributed by atoms with Crippen LogP contribution in [0.15, 0.2) is 41.4 Å². The summed E-state index contributed by atoms with van der Waals surface area (Å²) in [4.78, 5) is 6.56. The molecular weight excluding hydrogens is 393 g/mol. The minimum atomic E-state index is -3.67. The monoisotopic (exact) mass is 413 g/mol. The molecule has 1 N–H and O–H groups in total. The number of sulfonamides is 1. The van der Waals surface area contributed by atoms with Gasteiger partial charge in [0, 0.05) is 42.2 Å². The third-order valence-electron chi connectivity index (χ3n) is 4.60. The molecule has 1 aliphatic heterocycles. The number of aromatic nitrogens is 1. The van der Waals surface area contributed by atoms with Crippen molar-refractivity contribution in [3.05, 3.63) is 52.3 Å². The van der Waals surface area contributed by atoms with E-state index in [1.54, 1.807) is 6.07 Å². The topological polar surface area (TPSA) is 62.3 Å². The summed E-state index contributed by atoms with van der Waals surface area (Å²) in [5, 5.41) is 0.514. The van der Waals surface area contributed by atoms with Crippen LogP contribution in [0.2, 0.25) is 10.0 Å². The highest BCUT2D eigenvalue weighted by Crippen LogP contribution is 2.26. The van der Waals surface area contributed by atoms with Crippen molar-refractivity contribution in [1.29, 1.82) is 0 Å². The first-order valence-electron chi connectivity index (χ1n) is 8.47. The fraction of sp³-hybridized carbons (Fsp3) is 0.389. The first-order chi connectivity index (χ1) is 12.3. The standard InChI is InChI=1S/C18H21Cl2N3O2S/c1-13-10-16(4-7-21-13)23-8-5-14(6-9-23)12-22-26(24,25)18-11-15(19)2-3-17(18)20/h2-4,7,10-11,14,22H,5-6,8-9,12H2,1H3. The van der Waals surface area contributed by atoms with Crippen LogP contribution in [0.1, 0.15) is 18.5 Å². The molecule has 2 heterocycles. The summed E-state index contributed by atoms with van der Waals surface area (Å²) >= 11 is 11.9. The van der Waals surface area contributed by atoms with Crippen molar-refractivity contribution < 1.29 is 8.42 Å². The SMILES string of the molecule is Cc1cc(N2CCC(CNS(=O)(=O)c3cc(Cl)ccc3Cl)CC2)ccn1. The van der Waals surface area contributed by atoms with Crippen LogP contribution >= 0.6 is 23.2 Å². The number of hydrogen-bond acceptors (Lipinski definition) is 4. The Bertz CT molecular complexity index is 882. The molecule has 3 rings (SSSR count). The molecule has 1 fully saturated rings. The van der Waals surface area contributed by atoms with Gasteiger partial charge in [-0.2, -0.15) is 0 Å². The highest BCUT2D eigenvalue weighted by atomic mass is 35.5. The summed E-state index contributed by atoms with van der Waals surface area (Å²) in [6.45, 7) is 4.17. The highest BCUT2D eigenvalue weighted by Gasteiger charge is 2.23. The summed E-state index contributed by atoms with van der Waals surface area (Å²) in [6, 6.07) is 8.52. The quantitative estimate of drug-likeness (QED) is 0.807. The van der Waals surface area contributed by atoms with E-state index in [2.05, 4.69) is 20.7 Å². The van der Waals surface area contributed by atoms with Crippen molar-refractivity contribution in [2.24, 2.45) is 5.92 Å². The second-order valence-electron chi connectivity index (χ2n) is 6.51.